The molecule has 0 aliphatic heterocycles. The van der Waals surface area contributed by atoms with E-state index >= 15 is 0 Å². The Hall–Kier alpha value is -2.67. The summed E-state index contributed by atoms with van der Waals surface area (Å²) in [5.74, 6) is -2.25. The standard InChI is InChI=1S/C23H21F3O4/c24-23(25,26)22(30)9-8-21(12-14-4-2-1-3-5-14)16(13-22)11-19(27)17-10-15(20(28)29)6-7-18(17)21/h1-7,10,16,30H,8-9,11-13H2,(H,28,29). The maximum absolute atomic E-state index is 13.6. The van der Waals surface area contributed by atoms with Crippen LogP contribution in [-0.2, 0) is 11.8 Å². The van der Waals surface area contributed by atoms with Gasteiger partial charge in [-0.2, -0.15) is 13.2 Å². The van der Waals surface area contributed by atoms with Gasteiger partial charge in [0.25, 0.3) is 0 Å². The second kappa shape index (κ2) is 6.94. The fraction of sp³-hybridized carbons (Fsp3) is 0.391. The van der Waals surface area contributed by atoms with E-state index in [-0.39, 0.29) is 29.8 Å². The molecule has 2 aliphatic carbocycles. The van der Waals surface area contributed by atoms with Crippen LogP contribution in [0.25, 0.3) is 0 Å². The minimum atomic E-state index is -4.78. The molecule has 4 rings (SSSR count). The predicted octanol–water partition coefficient (Wildman–Crippen LogP) is 4.55. The van der Waals surface area contributed by atoms with Crippen LogP contribution in [-0.4, -0.2) is 33.7 Å². The lowest BCUT2D eigenvalue weighted by molar-refractivity contribution is -0.279. The molecule has 2 aromatic carbocycles. The molecule has 1 saturated carbocycles. The maximum Gasteiger partial charge on any atom is 0.417 e. The first kappa shape index (κ1) is 20.6. The molecule has 0 spiro atoms. The number of hydrogen-bond donors (Lipinski definition) is 2. The van der Waals surface area contributed by atoms with Crippen molar-refractivity contribution >= 4 is 11.8 Å². The summed E-state index contributed by atoms with van der Waals surface area (Å²) < 4.78 is 40.7. The van der Waals surface area contributed by atoms with Gasteiger partial charge in [-0.3, -0.25) is 4.79 Å². The Balaban J connectivity index is 1.85. The third kappa shape index (κ3) is 3.21. The van der Waals surface area contributed by atoms with Crippen molar-refractivity contribution < 1.29 is 33.0 Å². The maximum atomic E-state index is 13.6. The predicted molar refractivity (Wildman–Crippen MR) is 103 cm³/mol. The molecular weight excluding hydrogens is 397 g/mol. The number of Topliss-reactive ketones (excluding diaryl/α,β-unsaturated/α-hetero) is 1. The van der Waals surface area contributed by atoms with Gasteiger partial charge in [-0.15, -0.1) is 0 Å². The van der Waals surface area contributed by atoms with Crippen LogP contribution in [0.5, 0.6) is 0 Å². The quantitative estimate of drug-likeness (QED) is 0.767. The van der Waals surface area contributed by atoms with Crippen LogP contribution in [0, 0.1) is 5.92 Å². The molecule has 30 heavy (non-hydrogen) atoms. The average molecular weight is 418 g/mol. The fourth-order valence-electron chi connectivity index (χ4n) is 5.18. The van der Waals surface area contributed by atoms with E-state index in [1.807, 2.05) is 30.3 Å². The number of benzene rings is 2. The number of aromatic carboxylic acids is 1. The molecule has 2 aliphatic rings. The summed E-state index contributed by atoms with van der Waals surface area (Å²) in [6.07, 6.45) is -5.47. The lowest BCUT2D eigenvalue weighted by Gasteiger charge is -2.53. The fourth-order valence-corrected chi connectivity index (χ4v) is 5.18. The molecule has 0 radical (unpaired) electrons. The normalized spacial score (nSPS) is 28.5. The van der Waals surface area contributed by atoms with Crippen molar-refractivity contribution in [2.24, 2.45) is 5.92 Å². The van der Waals surface area contributed by atoms with Gasteiger partial charge in [0, 0.05) is 17.4 Å². The highest BCUT2D eigenvalue weighted by atomic mass is 19.4. The number of rotatable bonds is 3. The van der Waals surface area contributed by atoms with E-state index in [1.54, 1.807) is 6.07 Å². The average Bonchev–Trinajstić information content (AvgIpc) is 2.69. The van der Waals surface area contributed by atoms with Gasteiger partial charge < -0.3 is 10.2 Å². The summed E-state index contributed by atoms with van der Waals surface area (Å²) in [6.45, 7) is 0. The first-order valence-corrected chi connectivity index (χ1v) is 9.80. The van der Waals surface area contributed by atoms with Crippen molar-refractivity contribution in [1.29, 1.82) is 0 Å². The van der Waals surface area contributed by atoms with Crippen LogP contribution in [0.1, 0.15) is 57.5 Å². The molecule has 0 heterocycles. The van der Waals surface area contributed by atoms with Crippen LogP contribution >= 0.6 is 0 Å². The van der Waals surface area contributed by atoms with Crippen molar-refractivity contribution in [1.82, 2.24) is 0 Å². The van der Waals surface area contributed by atoms with Crippen molar-refractivity contribution in [3.8, 4) is 0 Å². The van der Waals surface area contributed by atoms with Gasteiger partial charge >= 0.3 is 12.1 Å². The highest BCUT2D eigenvalue weighted by molar-refractivity contribution is 6.02. The van der Waals surface area contributed by atoms with E-state index in [0.717, 1.165) is 5.56 Å². The molecule has 2 N–H and O–H groups in total. The molecule has 3 unspecified atom stereocenters. The van der Waals surface area contributed by atoms with E-state index in [1.165, 1.54) is 12.1 Å². The topological polar surface area (TPSA) is 74.6 Å². The van der Waals surface area contributed by atoms with E-state index in [9.17, 15) is 33.0 Å². The third-order valence-corrected chi connectivity index (χ3v) is 6.78. The molecular formula is C23H21F3O4. The summed E-state index contributed by atoms with van der Waals surface area (Å²) in [5.41, 5.74) is -1.86. The molecule has 4 nitrogen and oxygen atoms in total. The van der Waals surface area contributed by atoms with Crippen molar-refractivity contribution in [3.05, 3.63) is 70.8 Å². The monoisotopic (exact) mass is 418 g/mol. The Morgan fingerprint density at radius 1 is 1.10 bits per heavy atom. The Labute approximate surface area is 171 Å². The Kier molecular flexibility index (Phi) is 4.77. The molecule has 2 aromatic rings. The zero-order valence-electron chi connectivity index (χ0n) is 16.1. The third-order valence-electron chi connectivity index (χ3n) is 6.78. The summed E-state index contributed by atoms with van der Waals surface area (Å²) >= 11 is 0. The van der Waals surface area contributed by atoms with E-state index in [2.05, 4.69) is 0 Å². The number of ketones is 1. The molecule has 0 saturated heterocycles. The number of carboxylic acids is 1. The summed E-state index contributed by atoms with van der Waals surface area (Å²) in [5, 5.41) is 19.7. The van der Waals surface area contributed by atoms with Crippen molar-refractivity contribution in [3.63, 3.8) is 0 Å². The van der Waals surface area contributed by atoms with E-state index < -0.39 is 41.9 Å². The number of carbonyl (C=O) groups excluding carboxylic acids is 1. The first-order valence-electron chi connectivity index (χ1n) is 9.80. The number of aliphatic hydroxyl groups is 1. The Morgan fingerprint density at radius 2 is 1.80 bits per heavy atom. The number of carbonyl (C=O) groups is 2. The van der Waals surface area contributed by atoms with Gasteiger partial charge in [-0.05, 0) is 54.9 Å². The minimum absolute atomic E-state index is 0.0296. The minimum Gasteiger partial charge on any atom is -0.478 e. The molecule has 3 atom stereocenters. The molecule has 7 heteroatoms. The number of fused-ring (bicyclic) bond motifs is 3. The second-order valence-electron chi connectivity index (χ2n) is 8.44. The Bertz CT molecular complexity index is 1000. The van der Waals surface area contributed by atoms with Gasteiger partial charge in [0.2, 0.25) is 0 Å². The highest BCUT2D eigenvalue weighted by Crippen LogP contribution is 2.57. The molecule has 158 valence electrons. The number of carboxylic acid groups (broad SMARTS) is 1. The van der Waals surface area contributed by atoms with Gasteiger partial charge in [-0.25, -0.2) is 4.79 Å². The van der Waals surface area contributed by atoms with Crippen molar-refractivity contribution in [2.45, 2.75) is 49.3 Å². The molecule has 0 bridgehead atoms. The van der Waals surface area contributed by atoms with Crippen LogP contribution in [0.3, 0.4) is 0 Å². The SMILES string of the molecule is O=C(O)c1ccc2c(c1)C(=O)CC1CC(O)(C(F)(F)F)CCC21Cc1ccccc1. The van der Waals surface area contributed by atoms with Crippen LogP contribution in [0.4, 0.5) is 13.2 Å². The van der Waals surface area contributed by atoms with Gasteiger partial charge in [0.1, 0.15) is 0 Å². The van der Waals surface area contributed by atoms with Crippen LogP contribution in [0.2, 0.25) is 0 Å². The largest absolute Gasteiger partial charge is 0.478 e. The van der Waals surface area contributed by atoms with E-state index in [0.29, 0.717) is 12.0 Å². The van der Waals surface area contributed by atoms with Crippen LogP contribution < -0.4 is 0 Å². The number of halogens is 3. The number of hydrogen-bond acceptors (Lipinski definition) is 3. The lowest BCUT2D eigenvalue weighted by Crippen LogP contribution is -2.57. The Morgan fingerprint density at radius 3 is 2.43 bits per heavy atom. The highest BCUT2D eigenvalue weighted by Gasteiger charge is 2.62. The van der Waals surface area contributed by atoms with Gasteiger partial charge in [-0.1, -0.05) is 36.4 Å². The second-order valence-corrected chi connectivity index (χ2v) is 8.44. The van der Waals surface area contributed by atoms with Gasteiger partial charge in [0.15, 0.2) is 11.4 Å². The molecule has 0 amide bonds. The van der Waals surface area contributed by atoms with Gasteiger partial charge in [0.05, 0.1) is 5.56 Å². The lowest BCUT2D eigenvalue weighted by atomic mass is 9.52. The van der Waals surface area contributed by atoms with E-state index in [4.69, 9.17) is 0 Å². The first-order chi connectivity index (χ1) is 14.1. The van der Waals surface area contributed by atoms with Crippen molar-refractivity contribution in [2.75, 3.05) is 0 Å². The zero-order valence-corrected chi connectivity index (χ0v) is 16.1. The summed E-state index contributed by atoms with van der Waals surface area (Å²) in [6, 6.07) is 13.6. The smallest absolute Gasteiger partial charge is 0.417 e. The molecule has 1 fully saturated rings. The zero-order chi connectivity index (χ0) is 21.7. The summed E-state index contributed by atoms with van der Waals surface area (Å²) in [4.78, 5) is 24.2. The number of alkyl halides is 3. The molecule has 0 aromatic heterocycles. The summed E-state index contributed by atoms with van der Waals surface area (Å²) in [7, 11) is 0. The van der Waals surface area contributed by atoms with Crippen LogP contribution in [0.15, 0.2) is 48.5 Å².